The lowest BCUT2D eigenvalue weighted by atomic mass is 9.77. The normalized spacial score (nSPS) is 28.4. The van der Waals surface area contributed by atoms with Crippen molar-refractivity contribution in [1.82, 2.24) is 0 Å². The number of allylic oxidation sites excluding steroid dienone is 4. The third-order valence-corrected chi connectivity index (χ3v) is 4.84. The van der Waals surface area contributed by atoms with Crippen LogP contribution in [0.5, 0.6) is 0 Å². The van der Waals surface area contributed by atoms with Crippen molar-refractivity contribution in [3.05, 3.63) is 65.3 Å². The second-order valence-corrected chi connectivity index (χ2v) is 6.48. The second-order valence-electron chi connectivity index (χ2n) is 6.48. The van der Waals surface area contributed by atoms with E-state index in [-0.39, 0.29) is 5.41 Å². The smallest absolute Gasteiger partial charge is 0.331 e. The highest BCUT2D eigenvalue weighted by molar-refractivity contribution is 5.89. The summed E-state index contributed by atoms with van der Waals surface area (Å²) in [7, 11) is 0. The molecule has 0 radical (unpaired) electrons. The molecule has 1 fully saturated rings. The maximum Gasteiger partial charge on any atom is 0.331 e. The van der Waals surface area contributed by atoms with Crippen molar-refractivity contribution in [1.29, 1.82) is 0 Å². The van der Waals surface area contributed by atoms with Crippen molar-refractivity contribution >= 4 is 11.5 Å². The van der Waals surface area contributed by atoms with Crippen LogP contribution in [-0.2, 0) is 4.79 Å². The van der Waals surface area contributed by atoms with E-state index in [0.29, 0.717) is 11.5 Å². The molecule has 2 nitrogen and oxygen atoms in total. The Morgan fingerprint density at radius 2 is 2.05 bits per heavy atom. The molecule has 1 aromatic carbocycles. The highest BCUT2D eigenvalue weighted by Gasteiger charge is 2.49. The van der Waals surface area contributed by atoms with Crippen LogP contribution in [0.1, 0.15) is 32.3 Å². The average molecular weight is 280 g/mol. The lowest BCUT2D eigenvalue weighted by Crippen LogP contribution is -2.14. The molecule has 0 heterocycles. The Kier molecular flexibility index (Phi) is 3.12. The van der Waals surface area contributed by atoms with Crippen LogP contribution in [-0.4, -0.2) is 11.1 Å². The first-order valence-corrected chi connectivity index (χ1v) is 7.32. The lowest BCUT2D eigenvalue weighted by molar-refractivity contribution is -0.132. The van der Waals surface area contributed by atoms with Crippen LogP contribution in [0.15, 0.2) is 59.7 Å². The molecule has 108 valence electrons. The molecule has 0 saturated heterocycles. The van der Waals surface area contributed by atoms with Gasteiger partial charge in [-0.1, -0.05) is 49.4 Å². The Morgan fingerprint density at radius 3 is 2.67 bits per heavy atom. The summed E-state index contributed by atoms with van der Waals surface area (Å²) < 4.78 is 0. The van der Waals surface area contributed by atoms with Crippen molar-refractivity contribution < 1.29 is 9.90 Å². The van der Waals surface area contributed by atoms with Gasteiger partial charge in [-0.05, 0) is 48.0 Å². The zero-order valence-electron chi connectivity index (χ0n) is 12.5. The van der Waals surface area contributed by atoms with E-state index < -0.39 is 5.97 Å². The highest BCUT2D eigenvalue weighted by atomic mass is 16.4. The van der Waals surface area contributed by atoms with Gasteiger partial charge in [0, 0.05) is 11.5 Å². The molecular weight excluding hydrogens is 260 g/mol. The van der Waals surface area contributed by atoms with Gasteiger partial charge in [-0.15, -0.1) is 0 Å². The summed E-state index contributed by atoms with van der Waals surface area (Å²) in [4.78, 5) is 11.2. The molecule has 0 amide bonds. The van der Waals surface area contributed by atoms with Crippen molar-refractivity contribution in [2.24, 2.45) is 11.3 Å². The van der Waals surface area contributed by atoms with Gasteiger partial charge in [0.05, 0.1) is 0 Å². The van der Waals surface area contributed by atoms with Gasteiger partial charge in [-0.25, -0.2) is 4.79 Å². The Morgan fingerprint density at radius 1 is 1.38 bits per heavy atom. The van der Waals surface area contributed by atoms with Gasteiger partial charge >= 0.3 is 5.97 Å². The number of aliphatic carboxylic acids is 1. The molecular formula is C19H20O2. The van der Waals surface area contributed by atoms with E-state index in [4.69, 9.17) is 0 Å². The number of carboxylic acids is 1. The minimum absolute atomic E-state index is 0.0314. The molecule has 2 aliphatic rings. The van der Waals surface area contributed by atoms with Crippen molar-refractivity contribution in [2.45, 2.75) is 26.7 Å². The summed E-state index contributed by atoms with van der Waals surface area (Å²) in [5.74, 6) is -0.481. The first-order valence-electron chi connectivity index (χ1n) is 7.32. The maximum absolute atomic E-state index is 11.2. The zero-order valence-corrected chi connectivity index (χ0v) is 12.5. The third kappa shape index (κ3) is 2.15. The van der Waals surface area contributed by atoms with Gasteiger partial charge in [-0.3, -0.25) is 0 Å². The monoisotopic (exact) mass is 280 g/mol. The number of hydrogen-bond acceptors (Lipinski definition) is 1. The van der Waals surface area contributed by atoms with Crippen LogP contribution in [0.3, 0.4) is 0 Å². The zero-order chi connectivity index (χ0) is 15.2. The highest BCUT2D eigenvalue weighted by Crippen LogP contribution is 2.62. The predicted molar refractivity (Wildman–Crippen MR) is 84.7 cm³/mol. The first-order chi connectivity index (χ1) is 9.92. The Bertz CT molecular complexity index is 679. The van der Waals surface area contributed by atoms with Crippen LogP contribution < -0.4 is 0 Å². The second kappa shape index (κ2) is 4.73. The molecule has 2 aliphatic carbocycles. The average Bonchev–Trinajstić information content (AvgIpc) is 2.89. The summed E-state index contributed by atoms with van der Waals surface area (Å²) in [6.07, 6.45) is 3.89. The van der Waals surface area contributed by atoms with Gasteiger partial charge in [0.2, 0.25) is 0 Å². The van der Waals surface area contributed by atoms with Crippen LogP contribution in [0.4, 0.5) is 0 Å². The SMILES string of the molecule is C=C1CC2(C)CC1C(c1ccccc1)=C2C=C(C)C(=O)O. The Balaban J connectivity index is 2.20. The molecule has 1 N–H and O–H groups in total. The molecule has 21 heavy (non-hydrogen) atoms. The van der Waals surface area contributed by atoms with E-state index in [1.54, 1.807) is 6.92 Å². The fraction of sp³-hybridized carbons (Fsp3) is 0.316. The van der Waals surface area contributed by atoms with Crippen LogP contribution in [0.25, 0.3) is 5.57 Å². The van der Waals surface area contributed by atoms with Crippen LogP contribution in [0.2, 0.25) is 0 Å². The molecule has 2 heteroatoms. The van der Waals surface area contributed by atoms with E-state index in [1.165, 1.54) is 22.3 Å². The van der Waals surface area contributed by atoms with E-state index in [0.717, 1.165) is 12.8 Å². The number of carbonyl (C=O) groups is 1. The summed E-state index contributed by atoms with van der Waals surface area (Å²) in [5, 5.41) is 9.20. The summed E-state index contributed by atoms with van der Waals surface area (Å²) in [5.41, 5.74) is 5.36. The number of rotatable bonds is 3. The van der Waals surface area contributed by atoms with Gasteiger partial charge in [0.15, 0.2) is 0 Å². The predicted octanol–water partition coefficient (Wildman–Crippen LogP) is 4.46. The molecule has 3 rings (SSSR count). The minimum atomic E-state index is -0.847. The lowest BCUT2D eigenvalue weighted by Gasteiger charge is -2.27. The number of benzene rings is 1. The van der Waals surface area contributed by atoms with Gasteiger partial charge in [0.25, 0.3) is 0 Å². The van der Waals surface area contributed by atoms with E-state index in [1.807, 2.05) is 24.3 Å². The molecule has 2 unspecified atom stereocenters. The summed E-state index contributed by atoms with van der Waals surface area (Å²) >= 11 is 0. The molecule has 1 saturated carbocycles. The molecule has 0 aliphatic heterocycles. The molecule has 0 aromatic heterocycles. The molecule has 1 aromatic rings. The minimum Gasteiger partial charge on any atom is -0.478 e. The van der Waals surface area contributed by atoms with E-state index in [9.17, 15) is 9.90 Å². The summed E-state index contributed by atoms with van der Waals surface area (Å²) in [6.45, 7) is 8.14. The Labute approximate surface area is 125 Å². The Hall–Kier alpha value is -2.09. The van der Waals surface area contributed by atoms with E-state index >= 15 is 0 Å². The van der Waals surface area contributed by atoms with Crippen molar-refractivity contribution in [2.75, 3.05) is 0 Å². The fourth-order valence-corrected chi connectivity index (χ4v) is 3.82. The largest absolute Gasteiger partial charge is 0.478 e. The topological polar surface area (TPSA) is 37.3 Å². The fourth-order valence-electron chi connectivity index (χ4n) is 3.82. The summed E-state index contributed by atoms with van der Waals surface area (Å²) in [6, 6.07) is 10.3. The van der Waals surface area contributed by atoms with Crippen molar-refractivity contribution in [3.63, 3.8) is 0 Å². The van der Waals surface area contributed by atoms with Gasteiger partial charge in [-0.2, -0.15) is 0 Å². The van der Waals surface area contributed by atoms with Crippen molar-refractivity contribution in [3.8, 4) is 0 Å². The van der Waals surface area contributed by atoms with Crippen LogP contribution in [0, 0.1) is 11.3 Å². The van der Waals surface area contributed by atoms with Gasteiger partial charge < -0.3 is 5.11 Å². The number of hydrogen-bond donors (Lipinski definition) is 1. The third-order valence-electron chi connectivity index (χ3n) is 4.84. The first kappa shape index (κ1) is 13.9. The number of fused-ring (bicyclic) bond motifs is 2. The standard InChI is InChI=1S/C19H20O2/c1-12(18(20)21)9-16-17(14-7-5-4-6-8-14)15-11-19(16,3)10-13(15)2/h4-9,15H,2,10-11H2,1,3H3,(H,20,21). The molecule has 2 bridgehead atoms. The molecule has 0 spiro atoms. The van der Waals surface area contributed by atoms with E-state index in [2.05, 4.69) is 25.6 Å². The van der Waals surface area contributed by atoms with Crippen LogP contribution >= 0.6 is 0 Å². The van der Waals surface area contributed by atoms with Gasteiger partial charge in [0.1, 0.15) is 0 Å². The maximum atomic E-state index is 11.2. The number of carboxylic acid groups (broad SMARTS) is 1. The molecule has 2 atom stereocenters. The quantitative estimate of drug-likeness (QED) is 0.655.